The summed E-state index contributed by atoms with van der Waals surface area (Å²) in [6.07, 6.45) is 2.31. The normalized spacial score (nSPS) is 17.1. The van der Waals surface area contributed by atoms with Crippen LogP contribution < -0.4 is 9.47 Å². The third-order valence-electron chi connectivity index (χ3n) is 6.40. The van der Waals surface area contributed by atoms with Crippen molar-refractivity contribution in [2.75, 3.05) is 19.8 Å². The summed E-state index contributed by atoms with van der Waals surface area (Å²) in [4.78, 5) is 27.6. The lowest BCUT2D eigenvalue weighted by Gasteiger charge is -2.26. The minimum atomic E-state index is -0.00182. The molecule has 5 nitrogen and oxygen atoms in total. The number of benzene rings is 3. The Bertz CT molecular complexity index is 1140. The lowest BCUT2D eigenvalue weighted by Crippen LogP contribution is -2.30. The minimum absolute atomic E-state index is 0.00182. The molecule has 5 rings (SSSR count). The molecule has 2 heterocycles. The van der Waals surface area contributed by atoms with Crippen LogP contribution in [0.1, 0.15) is 47.6 Å². The number of amides is 1. The molecule has 0 aliphatic carbocycles. The Hall–Kier alpha value is -3.60. The molecule has 3 aromatic rings. The number of Topliss-reactive ketones (excluding diaryl/α,β-unsaturated/α-hetero) is 1. The number of likely N-dealkylation sites (tertiary alicyclic amines) is 1. The average molecular weight is 442 g/mol. The van der Waals surface area contributed by atoms with Gasteiger partial charge in [-0.3, -0.25) is 9.59 Å². The van der Waals surface area contributed by atoms with Crippen molar-refractivity contribution in [1.82, 2.24) is 4.90 Å². The number of ether oxygens (including phenoxy) is 2. The molecule has 0 N–H and O–H groups in total. The van der Waals surface area contributed by atoms with Gasteiger partial charge in [0.05, 0.1) is 6.04 Å². The molecule has 1 atom stereocenters. The summed E-state index contributed by atoms with van der Waals surface area (Å²) in [5.41, 5.74) is 3.90. The number of ketones is 1. The first-order chi connectivity index (χ1) is 16.2. The van der Waals surface area contributed by atoms with E-state index in [9.17, 15) is 9.59 Å². The second-order valence-corrected chi connectivity index (χ2v) is 8.51. The van der Waals surface area contributed by atoms with E-state index in [1.165, 1.54) is 0 Å². The van der Waals surface area contributed by atoms with Crippen LogP contribution in [0.15, 0.2) is 72.8 Å². The van der Waals surface area contributed by atoms with Crippen molar-refractivity contribution in [2.24, 2.45) is 0 Å². The fourth-order valence-corrected chi connectivity index (χ4v) is 4.67. The van der Waals surface area contributed by atoms with Gasteiger partial charge in [-0.05, 0) is 41.7 Å². The first-order valence-corrected chi connectivity index (χ1v) is 11.6. The Morgan fingerprint density at radius 1 is 0.818 bits per heavy atom. The first kappa shape index (κ1) is 21.3. The standard InChI is InChI=1S/C28H27NO4/c30-25(22-10-8-21(9-11-22)20-5-2-1-3-6-20)13-15-28(31)29-16-4-7-24(29)23-12-14-26-27(19-23)33-18-17-32-26/h1-3,5-6,8-12,14,19,24H,4,7,13,15-18H2/t24-/m1/s1. The molecule has 0 spiro atoms. The van der Waals surface area contributed by atoms with Crippen LogP contribution in [0.3, 0.4) is 0 Å². The zero-order valence-corrected chi connectivity index (χ0v) is 18.5. The smallest absolute Gasteiger partial charge is 0.223 e. The van der Waals surface area contributed by atoms with E-state index in [2.05, 4.69) is 0 Å². The zero-order chi connectivity index (χ0) is 22.6. The van der Waals surface area contributed by atoms with E-state index in [1.54, 1.807) is 0 Å². The Morgan fingerprint density at radius 3 is 2.33 bits per heavy atom. The third kappa shape index (κ3) is 4.63. The highest BCUT2D eigenvalue weighted by molar-refractivity contribution is 5.98. The highest BCUT2D eigenvalue weighted by Crippen LogP contribution is 2.38. The van der Waals surface area contributed by atoms with Gasteiger partial charge in [0.1, 0.15) is 13.2 Å². The fraction of sp³-hybridized carbons (Fsp3) is 0.286. The molecule has 0 unspecified atom stereocenters. The predicted molar refractivity (Wildman–Crippen MR) is 127 cm³/mol. The van der Waals surface area contributed by atoms with Gasteiger partial charge >= 0.3 is 0 Å². The van der Waals surface area contributed by atoms with Crippen molar-refractivity contribution >= 4 is 11.7 Å². The Labute approximate surface area is 193 Å². The molecular formula is C28H27NO4. The van der Waals surface area contributed by atoms with Gasteiger partial charge in [0.15, 0.2) is 17.3 Å². The van der Waals surface area contributed by atoms with Gasteiger partial charge in [-0.1, -0.05) is 60.7 Å². The van der Waals surface area contributed by atoms with Crippen LogP contribution in [0, 0.1) is 0 Å². The van der Waals surface area contributed by atoms with E-state index < -0.39 is 0 Å². The Balaban J connectivity index is 1.21. The van der Waals surface area contributed by atoms with Crippen molar-refractivity contribution in [1.29, 1.82) is 0 Å². The molecule has 1 amide bonds. The van der Waals surface area contributed by atoms with Crippen LogP contribution in [0.2, 0.25) is 0 Å². The van der Waals surface area contributed by atoms with Gasteiger partial charge in [-0.15, -0.1) is 0 Å². The number of nitrogens with zero attached hydrogens (tertiary/aromatic N) is 1. The quantitative estimate of drug-likeness (QED) is 0.477. The maximum absolute atomic E-state index is 13.0. The topological polar surface area (TPSA) is 55.8 Å². The van der Waals surface area contributed by atoms with E-state index >= 15 is 0 Å². The Morgan fingerprint density at radius 2 is 1.55 bits per heavy atom. The fourth-order valence-electron chi connectivity index (χ4n) is 4.67. The highest BCUT2D eigenvalue weighted by Gasteiger charge is 2.31. The van der Waals surface area contributed by atoms with Crippen molar-refractivity contribution in [3.05, 3.63) is 83.9 Å². The zero-order valence-electron chi connectivity index (χ0n) is 18.5. The van der Waals surface area contributed by atoms with E-state index in [0.29, 0.717) is 18.8 Å². The summed E-state index contributed by atoms with van der Waals surface area (Å²) in [6, 6.07) is 23.6. The molecule has 168 valence electrons. The second-order valence-electron chi connectivity index (χ2n) is 8.51. The lowest BCUT2D eigenvalue weighted by molar-refractivity contribution is -0.132. The van der Waals surface area contributed by atoms with Crippen molar-refractivity contribution in [2.45, 2.75) is 31.7 Å². The maximum Gasteiger partial charge on any atom is 0.223 e. The monoisotopic (exact) mass is 441 g/mol. The molecule has 3 aromatic carbocycles. The number of rotatable bonds is 6. The molecule has 0 saturated carbocycles. The van der Waals surface area contributed by atoms with Gasteiger partial charge in [-0.25, -0.2) is 0 Å². The molecule has 2 aliphatic heterocycles. The number of fused-ring (bicyclic) bond motifs is 1. The largest absolute Gasteiger partial charge is 0.486 e. The number of carbonyl (C=O) groups excluding carboxylic acids is 2. The molecule has 1 saturated heterocycles. The van der Waals surface area contributed by atoms with Crippen molar-refractivity contribution in [3.8, 4) is 22.6 Å². The van der Waals surface area contributed by atoms with E-state index in [0.717, 1.165) is 47.6 Å². The van der Waals surface area contributed by atoms with Crippen LogP contribution in [0.5, 0.6) is 11.5 Å². The average Bonchev–Trinajstić information content (AvgIpc) is 3.38. The molecular weight excluding hydrogens is 414 g/mol. The molecule has 0 bridgehead atoms. The molecule has 33 heavy (non-hydrogen) atoms. The van der Waals surface area contributed by atoms with Gasteiger partial charge in [-0.2, -0.15) is 0 Å². The minimum Gasteiger partial charge on any atom is -0.486 e. The van der Waals surface area contributed by atoms with E-state index in [-0.39, 0.29) is 30.6 Å². The first-order valence-electron chi connectivity index (χ1n) is 11.6. The summed E-state index contributed by atoms with van der Waals surface area (Å²) in [5, 5.41) is 0. The number of hydrogen-bond acceptors (Lipinski definition) is 4. The van der Waals surface area contributed by atoms with Crippen LogP contribution in [-0.2, 0) is 4.79 Å². The molecule has 1 fully saturated rings. The van der Waals surface area contributed by atoms with Gasteiger partial charge in [0, 0.05) is 24.9 Å². The molecule has 2 aliphatic rings. The molecule has 0 radical (unpaired) electrons. The van der Waals surface area contributed by atoms with Crippen molar-refractivity contribution in [3.63, 3.8) is 0 Å². The van der Waals surface area contributed by atoms with Crippen LogP contribution in [-0.4, -0.2) is 36.3 Å². The summed E-state index contributed by atoms with van der Waals surface area (Å²) in [7, 11) is 0. The number of hydrogen-bond donors (Lipinski definition) is 0. The summed E-state index contributed by atoms with van der Waals surface area (Å²) in [5.74, 6) is 1.52. The third-order valence-corrected chi connectivity index (χ3v) is 6.40. The maximum atomic E-state index is 13.0. The summed E-state index contributed by atoms with van der Waals surface area (Å²) < 4.78 is 11.3. The van der Waals surface area contributed by atoms with E-state index in [1.807, 2.05) is 77.7 Å². The van der Waals surface area contributed by atoms with E-state index in [4.69, 9.17) is 9.47 Å². The number of carbonyl (C=O) groups is 2. The van der Waals surface area contributed by atoms with Crippen molar-refractivity contribution < 1.29 is 19.1 Å². The van der Waals surface area contributed by atoms with Gasteiger partial charge < -0.3 is 14.4 Å². The second kappa shape index (κ2) is 9.49. The van der Waals surface area contributed by atoms with Gasteiger partial charge in [0.25, 0.3) is 0 Å². The van der Waals surface area contributed by atoms with Crippen LogP contribution >= 0.6 is 0 Å². The van der Waals surface area contributed by atoms with Crippen LogP contribution in [0.4, 0.5) is 0 Å². The SMILES string of the molecule is O=C(CCC(=O)N1CCC[C@@H]1c1ccc2c(c1)OCCO2)c1ccc(-c2ccccc2)cc1. The molecule has 0 aromatic heterocycles. The molecule has 5 heteroatoms. The summed E-state index contributed by atoms with van der Waals surface area (Å²) in [6.45, 7) is 1.82. The Kier molecular flexibility index (Phi) is 6.11. The van der Waals surface area contributed by atoms with Gasteiger partial charge in [0.2, 0.25) is 5.91 Å². The lowest BCUT2D eigenvalue weighted by atomic mass is 10.0. The summed E-state index contributed by atoms with van der Waals surface area (Å²) >= 11 is 0. The van der Waals surface area contributed by atoms with Crippen LogP contribution in [0.25, 0.3) is 11.1 Å². The highest BCUT2D eigenvalue weighted by atomic mass is 16.6. The predicted octanol–water partition coefficient (Wildman–Crippen LogP) is 5.45.